The van der Waals surface area contributed by atoms with Crippen molar-refractivity contribution in [2.45, 2.75) is 83.0 Å². The Morgan fingerprint density at radius 1 is 1.20 bits per heavy atom. The molecule has 1 aliphatic rings. The number of carbonyl (C=O) groups is 2. The smallest absolute Gasteiger partial charge is 0.407 e. The number of ether oxygens (including phenoxy) is 1. The highest BCUT2D eigenvalue weighted by atomic mass is 19.3. The first-order chi connectivity index (χ1) is 11.5. The van der Waals surface area contributed by atoms with Gasteiger partial charge in [0.05, 0.1) is 6.04 Å². The highest BCUT2D eigenvalue weighted by Crippen LogP contribution is 2.31. The van der Waals surface area contributed by atoms with Crippen LogP contribution in [0.4, 0.5) is 13.6 Å². The molecule has 25 heavy (non-hydrogen) atoms. The second kappa shape index (κ2) is 8.78. The van der Waals surface area contributed by atoms with Crippen LogP contribution in [-0.2, 0) is 9.53 Å². The predicted molar refractivity (Wildman–Crippen MR) is 89.4 cm³/mol. The Hall–Kier alpha value is -1.44. The zero-order chi connectivity index (χ0) is 19.3. The highest BCUT2D eigenvalue weighted by molar-refractivity contribution is 5.84. The van der Waals surface area contributed by atoms with Crippen molar-refractivity contribution >= 4 is 12.0 Å². The average Bonchev–Trinajstić information content (AvgIpc) is 2.51. The normalized spacial score (nSPS) is 19.0. The molecule has 8 heteroatoms. The zero-order valence-corrected chi connectivity index (χ0v) is 15.4. The molecule has 0 aromatic carbocycles. The fourth-order valence-electron chi connectivity index (χ4n) is 3.06. The number of aliphatic hydroxyl groups is 1. The van der Waals surface area contributed by atoms with Crippen molar-refractivity contribution in [3.05, 3.63) is 0 Å². The van der Waals surface area contributed by atoms with E-state index in [2.05, 4.69) is 5.32 Å². The number of hydrogen-bond acceptors (Lipinski definition) is 4. The number of halogens is 2. The number of nitrogens with one attached hydrogen (secondary N) is 2. The van der Waals surface area contributed by atoms with Crippen molar-refractivity contribution in [3.8, 4) is 0 Å². The summed E-state index contributed by atoms with van der Waals surface area (Å²) in [6, 6.07) is -1.27. The SMILES string of the molecule is CNC(=O)C(F)(F)[C@H](O)[C@H](CC1CCCCC1)NC(=O)OC(C)(C)C. The van der Waals surface area contributed by atoms with E-state index in [1.807, 2.05) is 5.32 Å². The Kier molecular flexibility index (Phi) is 7.59. The second-order valence-corrected chi connectivity index (χ2v) is 7.64. The van der Waals surface area contributed by atoms with E-state index in [4.69, 9.17) is 4.74 Å². The molecule has 6 nitrogen and oxygen atoms in total. The van der Waals surface area contributed by atoms with Crippen molar-refractivity contribution in [2.24, 2.45) is 5.92 Å². The minimum atomic E-state index is -4.01. The fraction of sp³-hybridized carbons (Fsp3) is 0.882. The van der Waals surface area contributed by atoms with Crippen LogP contribution in [0.15, 0.2) is 0 Å². The summed E-state index contributed by atoms with van der Waals surface area (Å²) < 4.78 is 33.4. The van der Waals surface area contributed by atoms with Gasteiger partial charge in [-0.1, -0.05) is 32.1 Å². The predicted octanol–water partition coefficient (Wildman–Crippen LogP) is 2.59. The lowest BCUT2D eigenvalue weighted by Gasteiger charge is -2.33. The van der Waals surface area contributed by atoms with Gasteiger partial charge in [0.2, 0.25) is 0 Å². The molecule has 1 aliphatic carbocycles. The summed E-state index contributed by atoms with van der Waals surface area (Å²) in [5.74, 6) is -5.48. The van der Waals surface area contributed by atoms with Gasteiger partial charge in [0.15, 0.2) is 0 Å². The summed E-state index contributed by atoms with van der Waals surface area (Å²) in [5.41, 5.74) is -0.798. The minimum Gasteiger partial charge on any atom is -0.444 e. The molecule has 0 aromatic heterocycles. The van der Waals surface area contributed by atoms with Crippen LogP contribution in [0.1, 0.15) is 59.3 Å². The van der Waals surface area contributed by atoms with Crippen molar-refractivity contribution < 1.29 is 28.2 Å². The molecule has 0 aromatic rings. The maximum atomic E-state index is 14.1. The highest BCUT2D eigenvalue weighted by Gasteiger charge is 2.50. The first-order valence-electron chi connectivity index (χ1n) is 8.75. The van der Waals surface area contributed by atoms with Crippen molar-refractivity contribution in [2.75, 3.05) is 7.05 Å². The van der Waals surface area contributed by atoms with Crippen LogP contribution in [-0.4, -0.2) is 47.8 Å². The Morgan fingerprint density at radius 2 is 1.76 bits per heavy atom. The molecule has 1 rings (SSSR count). The number of amides is 2. The van der Waals surface area contributed by atoms with Gasteiger partial charge >= 0.3 is 12.0 Å². The van der Waals surface area contributed by atoms with Gasteiger partial charge in [-0.3, -0.25) is 4.79 Å². The van der Waals surface area contributed by atoms with Crippen LogP contribution < -0.4 is 10.6 Å². The van der Waals surface area contributed by atoms with Gasteiger partial charge in [-0.25, -0.2) is 4.79 Å². The first kappa shape index (κ1) is 21.6. The van der Waals surface area contributed by atoms with Crippen LogP contribution in [0, 0.1) is 5.92 Å². The van der Waals surface area contributed by atoms with Crippen LogP contribution in [0.3, 0.4) is 0 Å². The Morgan fingerprint density at radius 3 is 2.24 bits per heavy atom. The summed E-state index contributed by atoms with van der Waals surface area (Å²) in [7, 11) is 1.07. The van der Waals surface area contributed by atoms with Crippen molar-refractivity contribution in [1.29, 1.82) is 0 Å². The van der Waals surface area contributed by atoms with Crippen LogP contribution >= 0.6 is 0 Å². The molecule has 0 unspecified atom stereocenters. The lowest BCUT2D eigenvalue weighted by atomic mass is 9.83. The van der Waals surface area contributed by atoms with Crippen LogP contribution in [0.25, 0.3) is 0 Å². The maximum Gasteiger partial charge on any atom is 0.407 e. The van der Waals surface area contributed by atoms with E-state index in [0.717, 1.165) is 39.2 Å². The van der Waals surface area contributed by atoms with E-state index < -0.39 is 35.7 Å². The molecule has 146 valence electrons. The molecule has 0 bridgehead atoms. The van der Waals surface area contributed by atoms with Gasteiger partial charge in [-0.05, 0) is 33.1 Å². The Balaban J connectivity index is 2.89. The third-order valence-electron chi connectivity index (χ3n) is 4.30. The van der Waals surface area contributed by atoms with E-state index in [0.29, 0.717) is 0 Å². The molecular formula is C17H30F2N2O4. The molecule has 2 amide bonds. The summed E-state index contributed by atoms with van der Waals surface area (Å²) in [5, 5.41) is 14.3. The summed E-state index contributed by atoms with van der Waals surface area (Å²) in [6.45, 7) is 4.95. The first-order valence-corrected chi connectivity index (χ1v) is 8.75. The van der Waals surface area contributed by atoms with Gasteiger partial charge in [0.25, 0.3) is 5.91 Å². The molecule has 1 saturated carbocycles. The van der Waals surface area contributed by atoms with E-state index in [1.165, 1.54) is 0 Å². The largest absolute Gasteiger partial charge is 0.444 e. The molecule has 0 heterocycles. The number of alkyl halides is 2. The number of hydrogen-bond donors (Lipinski definition) is 3. The van der Waals surface area contributed by atoms with Crippen LogP contribution in [0.2, 0.25) is 0 Å². The molecule has 0 saturated heterocycles. The van der Waals surface area contributed by atoms with E-state index in [9.17, 15) is 23.5 Å². The fourth-order valence-corrected chi connectivity index (χ4v) is 3.06. The van der Waals surface area contributed by atoms with Gasteiger partial charge < -0.3 is 20.5 Å². The Labute approximate surface area is 147 Å². The van der Waals surface area contributed by atoms with Crippen LogP contribution in [0.5, 0.6) is 0 Å². The van der Waals surface area contributed by atoms with Crippen molar-refractivity contribution in [1.82, 2.24) is 10.6 Å². The molecule has 3 N–H and O–H groups in total. The average molecular weight is 364 g/mol. The summed E-state index contributed by atoms with van der Waals surface area (Å²) in [4.78, 5) is 23.4. The third-order valence-corrected chi connectivity index (χ3v) is 4.30. The molecular weight excluding hydrogens is 334 g/mol. The van der Waals surface area contributed by atoms with Gasteiger partial charge in [-0.2, -0.15) is 8.78 Å². The van der Waals surface area contributed by atoms with E-state index in [-0.39, 0.29) is 12.3 Å². The monoisotopic (exact) mass is 364 g/mol. The Bertz CT molecular complexity index is 460. The number of alkyl carbamates (subject to hydrolysis) is 1. The third kappa shape index (κ3) is 6.76. The molecule has 0 aliphatic heterocycles. The minimum absolute atomic E-state index is 0.115. The second-order valence-electron chi connectivity index (χ2n) is 7.64. The van der Waals surface area contributed by atoms with E-state index >= 15 is 0 Å². The van der Waals surface area contributed by atoms with E-state index in [1.54, 1.807) is 20.8 Å². The van der Waals surface area contributed by atoms with Gasteiger partial charge in [0.1, 0.15) is 11.7 Å². The summed E-state index contributed by atoms with van der Waals surface area (Å²) in [6.07, 6.45) is 1.74. The summed E-state index contributed by atoms with van der Waals surface area (Å²) >= 11 is 0. The number of aliphatic hydroxyl groups excluding tert-OH is 1. The number of rotatable bonds is 6. The quantitative estimate of drug-likeness (QED) is 0.676. The standard InChI is InChI=1S/C17H30F2N2O4/c1-16(2,3)25-15(24)21-12(10-11-8-6-5-7-9-11)13(22)17(18,19)14(23)20-4/h11-13,22H,5-10H2,1-4H3,(H,20,23)(H,21,24)/t12-,13+/m0/s1. The molecule has 2 atom stereocenters. The lowest BCUT2D eigenvalue weighted by molar-refractivity contribution is -0.167. The topological polar surface area (TPSA) is 87.7 Å². The maximum absolute atomic E-state index is 14.1. The lowest BCUT2D eigenvalue weighted by Crippen LogP contribution is -2.58. The molecule has 0 radical (unpaired) electrons. The van der Waals surface area contributed by atoms with Gasteiger partial charge in [0, 0.05) is 7.05 Å². The zero-order valence-electron chi connectivity index (χ0n) is 15.4. The van der Waals surface area contributed by atoms with Gasteiger partial charge in [-0.15, -0.1) is 0 Å². The molecule has 1 fully saturated rings. The van der Waals surface area contributed by atoms with Crippen molar-refractivity contribution in [3.63, 3.8) is 0 Å². The molecule has 0 spiro atoms. The number of carbonyl (C=O) groups excluding carboxylic acids is 2.